The summed E-state index contributed by atoms with van der Waals surface area (Å²) in [5, 5.41) is 5.95. The lowest BCUT2D eigenvalue weighted by atomic mass is 9.82. The third-order valence-corrected chi connectivity index (χ3v) is 5.18. The Labute approximate surface area is 135 Å². The van der Waals surface area contributed by atoms with Crippen molar-refractivity contribution in [2.45, 2.75) is 39.0 Å². The Morgan fingerprint density at radius 2 is 2.14 bits per heavy atom. The molecule has 0 bridgehead atoms. The SMILES string of the molecule is CCOC(=O)C(CC)(CC)c1nc(-c2cc(Br)cs2)no1. The molecule has 5 nitrogen and oxygen atoms in total. The Balaban J connectivity index is 2.38. The summed E-state index contributed by atoms with van der Waals surface area (Å²) in [6.07, 6.45) is 1.11. The number of hydrogen-bond donors (Lipinski definition) is 0. The molecule has 0 aliphatic carbocycles. The molecule has 0 atom stereocenters. The van der Waals surface area contributed by atoms with Crippen LogP contribution in [0, 0.1) is 0 Å². The minimum Gasteiger partial charge on any atom is -0.465 e. The Kier molecular flexibility index (Phi) is 5.16. The van der Waals surface area contributed by atoms with E-state index in [1.165, 1.54) is 11.3 Å². The van der Waals surface area contributed by atoms with Crippen molar-refractivity contribution in [3.8, 4) is 10.7 Å². The molecule has 0 aromatic carbocycles. The number of carbonyl (C=O) groups excluding carboxylic acids is 1. The molecule has 0 radical (unpaired) electrons. The molecular formula is C14H17BrN2O3S. The molecule has 0 unspecified atom stereocenters. The van der Waals surface area contributed by atoms with Crippen LogP contribution < -0.4 is 0 Å². The van der Waals surface area contributed by atoms with Gasteiger partial charge in [0.2, 0.25) is 11.7 Å². The Hall–Kier alpha value is -1.21. The molecule has 0 fully saturated rings. The highest BCUT2D eigenvalue weighted by Crippen LogP contribution is 2.34. The summed E-state index contributed by atoms with van der Waals surface area (Å²) in [6.45, 7) is 5.97. The van der Waals surface area contributed by atoms with Crippen LogP contribution in [0.25, 0.3) is 10.7 Å². The molecule has 7 heteroatoms. The van der Waals surface area contributed by atoms with Gasteiger partial charge in [-0.3, -0.25) is 4.79 Å². The number of rotatable bonds is 6. The van der Waals surface area contributed by atoms with Crippen molar-refractivity contribution in [3.05, 3.63) is 21.8 Å². The summed E-state index contributed by atoms with van der Waals surface area (Å²) >= 11 is 4.91. The number of aromatic nitrogens is 2. The normalized spacial score (nSPS) is 11.6. The van der Waals surface area contributed by atoms with Crippen molar-refractivity contribution in [2.24, 2.45) is 0 Å². The van der Waals surface area contributed by atoms with Gasteiger partial charge in [-0.05, 0) is 41.8 Å². The minimum absolute atomic E-state index is 0.308. The van der Waals surface area contributed by atoms with Crippen LogP contribution in [0.1, 0.15) is 39.5 Å². The summed E-state index contributed by atoms with van der Waals surface area (Å²) in [7, 11) is 0. The lowest BCUT2D eigenvalue weighted by Crippen LogP contribution is -2.36. The number of carbonyl (C=O) groups is 1. The van der Waals surface area contributed by atoms with E-state index in [0.717, 1.165) is 9.35 Å². The molecule has 0 saturated heterocycles. The van der Waals surface area contributed by atoms with E-state index in [4.69, 9.17) is 9.26 Å². The van der Waals surface area contributed by atoms with E-state index >= 15 is 0 Å². The highest BCUT2D eigenvalue weighted by atomic mass is 79.9. The van der Waals surface area contributed by atoms with E-state index < -0.39 is 5.41 Å². The van der Waals surface area contributed by atoms with E-state index in [0.29, 0.717) is 31.2 Å². The second-order valence-electron chi connectivity index (χ2n) is 4.56. The summed E-state index contributed by atoms with van der Waals surface area (Å²) in [6, 6.07) is 1.92. The molecule has 2 heterocycles. The number of thiophene rings is 1. The minimum atomic E-state index is -0.865. The van der Waals surface area contributed by atoms with Crippen molar-refractivity contribution in [1.82, 2.24) is 10.1 Å². The maximum absolute atomic E-state index is 12.3. The second kappa shape index (κ2) is 6.70. The number of nitrogens with zero attached hydrogens (tertiary/aromatic N) is 2. The van der Waals surface area contributed by atoms with Crippen molar-refractivity contribution >= 4 is 33.2 Å². The molecular weight excluding hydrogens is 356 g/mol. The van der Waals surface area contributed by atoms with Gasteiger partial charge in [0.1, 0.15) is 5.41 Å². The van der Waals surface area contributed by atoms with E-state index in [1.54, 1.807) is 6.92 Å². The third-order valence-electron chi connectivity index (χ3n) is 3.50. The Morgan fingerprint density at radius 1 is 1.43 bits per heavy atom. The quantitative estimate of drug-likeness (QED) is 0.711. The average molecular weight is 373 g/mol. The van der Waals surface area contributed by atoms with Crippen LogP contribution in [-0.2, 0) is 14.9 Å². The fourth-order valence-electron chi connectivity index (χ4n) is 2.15. The Morgan fingerprint density at radius 3 is 2.67 bits per heavy atom. The zero-order valence-corrected chi connectivity index (χ0v) is 14.6. The van der Waals surface area contributed by atoms with Gasteiger partial charge in [0.05, 0.1) is 11.5 Å². The predicted molar refractivity (Wildman–Crippen MR) is 84.2 cm³/mol. The monoisotopic (exact) mass is 372 g/mol. The third kappa shape index (κ3) is 3.03. The molecule has 21 heavy (non-hydrogen) atoms. The summed E-state index contributed by atoms with van der Waals surface area (Å²) in [4.78, 5) is 17.6. The van der Waals surface area contributed by atoms with E-state index in [-0.39, 0.29) is 5.97 Å². The fraction of sp³-hybridized carbons (Fsp3) is 0.500. The molecule has 0 amide bonds. The molecule has 0 spiro atoms. The first-order chi connectivity index (χ1) is 10.1. The fourth-order valence-corrected chi connectivity index (χ4v) is 3.50. The molecule has 0 aliphatic rings. The number of esters is 1. The smallest absolute Gasteiger partial charge is 0.321 e. The van der Waals surface area contributed by atoms with Crippen molar-refractivity contribution < 1.29 is 14.1 Å². The van der Waals surface area contributed by atoms with Gasteiger partial charge in [0, 0.05) is 9.85 Å². The average Bonchev–Trinajstić information content (AvgIpc) is 3.10. The molecule has 114 valence electrons. The molecule has 0 aliphatic heterocycles. The van der Waals surface area contributed by atoms with Crippen LogP contribution in [0.4, 0.5) is 0 Å². The van der Waals surface area contributed by atoms with Crippen LogP contribution in [0.5, 0.6) is 0 Å². The van der Waals surface area contributed by atoms with Gasteiger partial charge >= 0.3 is 5.97 Å². The molecule has 2 rings (SSSR count). The highest BCUT2D eigenvalue weighted by molar-refractivity contribution is 9.10. The van der Waals surface area contributed by atoms with Crippen molar-refractivity contribution in [2.75, 3.05) is 6.61 Å². The van der Waals surface area contributed by atoms with E-state index in [2.05, 4.69) is 26.1 Å². The Bertz CT molecular complexity index is 619. The maximum Gasteiger partial charge on any atom is 0.321 e. The van der Waals surface area contributed by atoms with E-state index in [9.17, 15) is 4.79 Å². The zero-order chi connectivity index (χ0) is 15.5. The van der Waals surface area contributed by atoms with Crippen LogP contribution >= 0.6 is 27.3 Å². The number of ether oxygens (including phenoxy) is 1. The molecule has 0 N–H and O–H groups in total. The van der Waals surface area contributed by atoms with Gasteiger partial charge in [0.15, 0.2) is 0 Å². The van der Waals surface area contributed by atoms with Crippen LogP contribution in [0.15, 0.2) is 20.4 Å². The van der Waals surface area contributed by atoms with Gasteiger partial charge in [-0.25, -0.2) is 0 Å². The molecule has 0 saturated carbocycles. The van der Waals surface area contributed by atoms with Gasteiger partial charge in [0.25, 0.3) is 0 Å². The first-order valence-corrected chi connectivity index (χ1v) is 8.50. The summed E-state index contributed by atoms with van der Waals surface area (Å²) in [5.41, 5.74) is -0.865. The lowest BCUT2D eigenvalue weighted by molar-refractivity contribution is -0.151. The highest BCUT2D eigenvalue weighted by Gasteiger charge is 2.44. The maximum atomic E-state index is 12.3. The van der Waals surface area contributed by atoms with Gasteiger partial charge < -0.3 is 9.26 Å². The van der Waals surface area contributed by atoms with Gasteiger partial charge in [-0.15, -0.1) is 11.3 Å². The molecule has 2 aromatic rings. The number of hydrogen-bond acceptors (Lipinski definition) is 6. The van der Waals surface area contributed by atoms with Crippen LogP contribution in [0.2, 0.25) is 0 Å². The van der Waals surface area contributed by atoms with Crippen LogP contribution in [0.3, 0.4) is 0 Å². The van der Waals surface area contributed by atoms with Crippen molar-refractivity contribution in [3.63, 3.8) is 0 Å². The van der Waals surface area contributed by atoms with Gasteiger partial charge in [-0.1, -0.05) is 19.0 Å². The largest absolute Gasteiger partial charge is 0.465 e. The standard InChI is InChI=1S/C14H17BrN2O3S/c1-4-14(5-2,13(18)19-6-3)12-16-11(17-20-12)10-7-9(15)8-21-10/h7-8H,4-6H2,1-3H3. The molecule has 2 aromatic heterocycles. The summed E-state index contributed by atoms with van der Waals surface area (Å²) < 4.78 is 11.5. The number of halogens is 1. The first-order valence-electron chi connectivity index (χ1n) is 6.83. The first kappa shape index (κ1) is 16.2. The zero-order valence-electron chi connectivity index (χ0n) is 12.2. The summed E-state index contributed by atoms with van der Waals surface area (Å²) in [5.74, 6) is 0.513. The van der Waals surface area contributed by atoms with Gasteiger partial charge in [-0.2, -0.15) is 4.98 Å². The van der Waals surface area contributed by atoms with Crippen LogP contribution in [-0.4, -0.2) is 22.7 Å². The topological polar surface area (TPSA) is 65.2 Å². The van der Waals surface area contributed by atoms with Crippen molar-refractivity contribution in [1.29, 1.82) is 0 Å². The predicted octanol–water partition coefficient (Wildman–Crippen LogP) is 4.18. The second-order valence-corrected chi connectivity index (χ2v) is 6.39. The lowest BCUT2D eigenvalue weighted by Gasteiger charge is -2.24. The van der Waals surface area contributed by atoms with E-state index in [1.807, 2.05) is 25.3 Å².